The van der Waals surface area contributed by atoms with Gasteiger partial charge in [-0.3, -0.25) is 0 Å². The van der Waals surface area contributed by atoms with Crippen LogP contribution in [-0.4, -0.2) is 48.4 Å². The number of rotatable bonds is 1. The molecule has 1 N–H and O–H groups in total. The number of halogens is 3. The number of aromatic nitrogens is 1. The van der Waals surface area contributed by atoms with E-state index >= 15 is 0 Å². The zero-order chi connectivity index (χ0) is 19.1. The average molecular weight is 399 g/mol. The number of amides is 2. The lowest BCUT2D eigenvalue weighted by Gasteiger charge is -2.50. The molecule has 146 valence electrons. The van der Waals surface area contributed by atoms with Gasteiger partial charge in [-0.05, 0) is 37.5 Å². The van der Waals surface area contributed by atoms with Gasteiger partial charge in [-0.25, -0.2) is 9.78 Å². The number of carbonyl (C=O) groups is 1. The maximum atomic E-state index is 13.6. The van der Waals surface area contributed by atoms with Crippen molar-refractivity contribution in [1.29, 1.82) is 0 Å². The standard InChI is InChI=1S/C18H20F3N3O2S/c19-18(20,21)15-3-6-24(10-17(15)4-7-26-8-5-17)16(25)23-12-1-2-13-14(9-12)27-11-22-13/h1-2,9,11,15H,3-8,10H2,(H,23,25). The molecule has 0 bridgehead atoms. The van der Waals surface area contributed by atoms with Crippen molar-refractivity contribution in [3.8, 4) is 0 Å². The number of urea groups is 1. The van der Waals surface area contributed by atoms with Gasteiger partial charge < -0.3 is 15.0 Å². The smallest absolute Gasteiger partial charge is 0.381 e. The average Bonchev–Trinajstić information content (AvgIpc) is 3.09. The Labute approximate surface area is 158 Å². The lowest BCUT2D eigenvalue weighted by molar-refractivity contribution is -0.232. The number of likely N-dealkylation sites (tertiary alicyclic amines) is 1. The molecule has 1 spiro atoms. The Balaban J connectivity index is 1.51. The Morgan fingerprint density at radius 1 is 1.33 bits per heavy atom. The first-order valence-electron chi connectivity index (χ1n) is 8.91. The molecule has 2 aromatic rings. The van der Waals surface area contributed by atoms with E-state index in [2.05, 4.69) is 10.3 Å². The molecule has 5 nitrogen and oxygen atoms in total. The molecule has 3 heterocycles. The van der Waals surface area contributed by atoms with Crippen LogP contribution in [0.4, 0.5) is 23.7 Å². The number of piperidine rings is 1. The summed E-state index contributed by atoms with van der Waals surface area (Å²) in [5, 5.41) is 2.82. The summed E-state index contributed by atoms with van der Waals surface area (Å²) in [6.07, 6.45) is -3.66. The van der Waals surface area contributed by atoms with Crippen molar-refractivity contribution in [2.75, 3.05) is 31.6 Å². The second-order valence-electron chi connectivity index (χ2n) is 7.24. The minimum absolute atomic E-state index is 0.0647. The Morgan fingerprint density at radius 2 is 2.11 bits per heavy atom. The van der Waals surface area contributed by atoms with E-state index in [0.29, 0.717) is 31.7 Å². The van der Waals surface area contributed by atoms with E-state index in [4.69, 9.17) is 4.74 Å². The molecule has 1 atom stereocenters. The maximum Gasteiger partial charge on any atom is 0.392 e. The van der Waals surface area contributed by atoms with Crippen LogP contribution in [0.1, 0.15) is 19.3 Å². The molecule has 1 aromatic heterocycles. The van der Waals surface area contributed by atoms with Gasteiger partial charge in [0.2, 0.25) is 0 Å². The highest BCUT2D eigenvalue weighted by atomic mass is 32.1. The van der Waals surface area contributed by atoms with Crippen LogP contribution < -0.4 is 5.32 Å². The minimum atomic E-state index is -4.25. The van der Waals surface area contributed by atoms with Crippen LogP contribution >= 0.6 is 11.3 Å². The van der Waals surface area contributed by atoms with Crippen LogP contribution in [0.2, 0.25) is 0 Å². The predicted octanol–water partition coefficient (Wildman–Crippen LogP) is 4.51. The molecule has 2 aliphatic rings. The molecule has 0 saturated carbocycles. The fourth-order valence-corrected chi connectivity index (χ4v) is 4.98. The van der Waals surface area contributed by atoms with Crippen molar-refractivity contribution in [1.82, 2.24) is 9.88 Å². The highest BCUT2D eigenvalue weighted by molar-refractivity contribution is 7.16. The van der Waals surface area contributed by atoms with Gasteiger partial charge in [0.1, 0.15) is 0 Å². The first-order chi connectivity index (χ1) is 12.9. The van der Waals surface area contributed by atoms with Crippen LogP contribution in [0.15, 0.2) is 23.7 Å². The third kappa shape index (κ3) is 3.62. The fraction of sp³-hybridized carbons (Fsp3) is 0.556. The van der Waals surface area contributed by atoms with Crippen molar-refractivity contribution < 1.29 is 22.7 Å². The van der Waals surface area contributed by atoms with Crippen molar-refractivity contribution in [2.45, 2.75) is 25.4 Å². The minimum Gasteiger partial charge on any atom is -0.381 e. The molecule has 1 unspecified atom stereocenters. The quantitative estimate of drug-likeness (QED) is 0.768. The number of hydrogen-bond donors (Lipinski definition) is 1. The number of nitrogens with one attached hydrogen (secondary N) is 1. The summed E-state index contributed by atoms with van der Waals surface area (Å²) in [5.41, 5.74) is 2.25. The summed E-state index contributed by atoms with van der Waals surface area (Å²) in [6, 6.07) is 5.05. The number of hydrogen-bond acceptors (Lipinski definition) is 4. The van der Waals surface area contributed by atoms with Crippen LogP contribution in [0.3, 0.4) is 0 Å². The highest BCUT2D eigenvalue weighted by Crippen LogP contribution is 2.50. The van der Waals surface area contributed by atoms with Crippen molar-refractivity contribution in [2.24, 2.45) is 11.3 Å². The van der Waals surface area contributed by atoms with Crippen molar-refractivity contribution >= 4 is 33.3 Å². The molecule has 2 amide bonds. The molecule has 2 aliphatic heterocycles. The Morgan fingerprint density at radius 3 is 2.85 bits per heavy atom. The molecular weight excluding hydrogens is 379 g/mol. The molecule has 0 radical (unpaired) electrons. The lowest BCUT2D eigenvalue weighted by atomic mass is 9.66. The lowest BCUT2D eigenvalue weighted by Crippen LogP contribution is -2.57. The van der Waals surface area contributed by atoms with Gasteiger partial charge in [-0.2, -0.15) is 13.2 Å². The van der Waals surface area contributed by atoms with E-state index in [1.807, 2.05) is 12.1 Å². The number of anilines is 1. The van der Waals surface area contributed by atoms with E-state index < -0.39 is 17.5 Å². The SMILES string of the molecule is O=C(Nc1ccc2ncsc2c1)N1CCC(C(F)(F)F)C2(CCOCC2)C1. The van der Waals surface area contributed by atoms with Gasteiger partial charge in [0.25, 0.3) is 0 Å². The van der Waals surface area contributed by atoms with E-state index in [1.54, 1.807) is 11.6 Å². The molecular formula is C18H20F3N3O2S. The number of thiazole rings is 1. The topological polar surface area (TPSA) is 54.5 Å². The maximum absolute atomic E-state index is 13.6. The first kappa shape index (κ1) is 18.5. The van der Waals surface area contributed by atoms with Gasteiger partial charge in [-0.15, -0.1) is 11.3 Å². The monoisotopic (exact) mass is 399 g/mol. The van der Waals surface area contributed by atoms with E-state index in [1.165, 1.54) is 16.2 Å². The second kappa shape index (κ2) is 6.94. The predicted molar refractivity (Wildman–Crippen MR) is 96.9 cm³/mol. The van der Waals surface area contributed by atoms with Crippen molar-refractivity contribution in [3.05, 3.63) is 23.7 Å². The summed E-state index contributed by atoms with van der Waals surface area (Å²) in [7, 11) is 0. The molecule has 0 aliphatic carbocycles. The van der Waals surface area contributed by atoms with E-state index in [9.17, 15) is 18.0 Å². The Kier molecular flexibility index (Phi) is 4.75. The first-order valence-corrected chi connectivity index (χ1v) is 9.79. The molecule has 4 rings (SSSR count). The highest BCUT2D eigenvalue weighted by Gasteiger charge is 2.56. The fourth-order valence-electron chi connectivity index (χ4n) is 4.26. The zero-order valence-electron chi connectivity index (χ0n) is 14.6. The van der Waals surface area contributed by atoms with Gasteiger partial charge >= 0.3 is 12.2 Å². The third-order valence-corrected chi connectivity index (χ3v) is 6.48. The molecule has 1 aromatic carbocycles. The number of ether oxygens (including phenoxy) is 1. The number of benzene rings is 1. The summed E-state index contributed by atoms with van der Waals surface area (Å²) < 4.78 is 47.0. The normalized spacial score (nSPS) is 22.9. The zero-order valence-corrected chi connectivity index (χ0v) is 15.4. The third-order valence-electron chi connectivity index (χ3n) is 5.69. The van der Waals surface area contributed by atoms with Gasteiger partial charge in [0.15, 0.2) is 0 Å². The van der Waals surface area contributed by atoms with Crippen LogP contribution in [0, 0.1) is 11.3 Å². The van der Waals surface area contributed by atoms with E-state index in [-0.39, 0.29) is 25.5 Å². The van der Waals surface area contributed by atoms with Crippen LogP contribution in [0.5, 0.6) is 0 Å². The van der Waals surface area contributed by atoms with Crippen molar-refractivity contribution in [3.63, 3.8) is 0 Å². The number of nitrogens with zero attached hydrogens (tertiary/aromatic N) is 2. The summed E-state index contributed by atoms with van der Waals surface area (Å²) in [4.78, 5) is 18.4. The number of carbonyl (C=O) groups excluding carboxylic acids is 1. The number of fused-ring (bicyclic) bond motifs is 1. The molecule has 2 saturated heterocycles. The van der Waals surface area contributed by atoms with Crippen LogP contribution in [0.25, 0.3) is 10.2 Å². The Hall–Kier alpha value is -1.87. The van der Waals surface area contributed by atoms with Gasteiger partial charge in [-0.1, -0.05) is 0 Å². The molecule has 27 heavy (non-hydrogen) atoms. The number of alkyl halides is 3. The largest absolute Gasteiger partial charge is 0.392 e. The van der Waals surface area contributed by atoms with Gasteiger partial charge in [0, 0.05) is 37.4 Å². The van der Waals surface area contributed by atoms with E-state index in [0.717, 1.165) is 10.2 Å². The molecule has 9 heteroatoms. The van der Waals surface area contributed by atoms with Gasteiger partial charge in [0.05, 0.1) is 21.6 Å². The second-order valence-corrected chi connectivity index (χ2v) is 8.13. The Bertz CT molecular complexity index is 833. The summed E-state index contributed by atoms with van der Waals surface area (Å²) >= 11 is 1.47. The summed E-state index contributed by atoms with van der Waals surface area (Å²) in [6.45, 7) is 0.824. The van der Waals surface area contributed by atoms with Crippen LogP contribution in [-0.2, 0) is 4.74 Å². The molecule has 2 fully saturated rings. The summed E-state index contributed by atoms with van der Waals surface area (Å²) in [5.74, 6) is -1.38.